The molecule has 0 bridgehead atoms. The number of nitro benzene ring substituents is 1. The van der Waals surface area contributed by atoms with E-state index < -0.39 is 4.92 Å². The molecule has 0 aliphatic carbocycles. The Kier molecular flexibility index (Phi) is 7.45. The normalized spacial score (nSPS) is 10.9. The molecule has 0 unspecified atom stereocenters. The average Bonchev–Trinajstić information content (AvgIpc) is 2.74. The molecule has 1 aromatic heterocycles. The minimum Gasteiger partial charge on any atom is -0.340 e. The van der Waals surface area contributed by atoms with Gasteiger partial charge in [0.15, 0.2) is 0 Å². The van der Waals surface area contributed by atoms with Gasteiger partial charge in [0.25, 0.3) is 5.69 Å². The molecule has 0 aliphatic heterocycles. The Balaban J connectivity index is 1.76. The van der Waals surface area contributed by atoms with Gasteiger partial charge in [0.2, 0.25) is 5.91 Å². The summed E-state index contributed by atoms with van der Waals surface area (Å²) in [4.78, 5) is 33.7. The van der Waals surface area contributed by atoms with E-state index in [0.29, 0.717) is 34.6 Å². The second kappa shape index (κ2) is 10.4. The monoisotopic (exact) mass is 422 g/mol. The van der Waals surface area contributed by atoms with Crippen LogP contribution in [0.25, 0.3) is 10.9 Å². The lowest BCUT2D eigenvalue weighted by Crippen LogP contribution is -2.34. The van der Waals surface area contributed by atoms with Crippen molar-refractivity contribution in [3.8, 4) is 0 Å². The van der Waals surface area contributed by atoms with E-state index >= 15 is 0 Å². The van der Waals surface area contributed by atoms with E-state index in [2.05, 4.69) is 39.3 Å². The van der Waals surface area contributed by atoms with Gasteiger partial charge in [-0.25, -0.2) is 9.97 Å². The van der Waals surface area contributed by atoms with Crippen molar-refractivity contribution in [3.63, 3.8) is 0 Å². The molecule has 0 radical (unpaired) electrons. The van der Waals surface area contributed by atoms with E-state index in [0.717, 1.165) is 25.9 Å². The van der Waals surface area contributed by atoms with E-state index in [1.54, 1.807) is 12.1 Å². The van der Waals surface area contributed by atoms with Crippen molar-refractivity contribution in [3.05, 3.63) is 58.9 Å². The summed E-state index contributed by atoms with van der Waals surface area (Å²) in [6.45, 7) is 6.31. The first kappa shape index (κ1) is 22.1. The largest absolute Gasteiger partial charge is 0.340 e. The second-order valence-electron chi connectivity index (χ2n) is 7.21. The fourth-order valence-corrected chi connectivity index (χ4v) is 3.38. The van der Waals surface area contributed by atoms with Crippen molar-refractivity contribution in [1.29, 1.82) is 0 Å². The van der Waals surface area contributed by atoms with Crippen molar-refractivity contribution < 1.29 is 9.72 Å². The highest BCUT2D eigenvalue weighted by Gasteiger charge is 2.12. The maximum atomic E-state index is 12.5. The number of amides is 1. The van der Waals surface area contributed by atoms with Gasteiger partial charge < -0.3 is 10.6 Å². The fourth-order valence-electron chi connectivity index (χ4n) is 3.38. The molecule has 162 valence electrons. The van der Waals surface area contributed by atoms with Gasteiger partial charge >= 0.3 is 0 Å². The summed E-state index contributed by atoms with van der Waals surface area (Å²) < 4.78 is 0. The molecule has 1 amide bonds. The zero-order valence-corrected chi connectivity index (χ0v) is 17.7. The summed E-state index contributed by atoms with van der Waals surface area (Å²) in [5.41, 5.74) is 1.92. The molecular formula is C22H26N6O3. The third-order valence-corrected chi connectivity index (χ3v) is 4.69. The predicted molar refractivity (Wildman–Crippen MR) is 122 cm³/mol. The lowest BCUT2D eigenvalue weighted by atomic mass is 10.2. The number of hydrogen-bond acceptors (Lipinski definition) is 7. The van der Waals surface area contributed by atoms with E-state index in [1.807, 2.05) is 18.2 Å². The van der Waals surface area contributed by atoms with Crippen molar-refractivity contribution in [1.82, 2.24) is 14.9 Å². The minimum atomic E-state index is -0.452. The highest BCUT2D eigenvalue weighted by Crippen LogP contribution is 2.27. The van der Waals surface area contributed by atoms with E-state index in [-0.39, 0.29) is 11.6 Å². The molecule has 9 nitrogen and oxygen atoms in total. The van der Waals surface area contributed by atoms with Crippen LogP contribution in [0.15, 0.2) is 48.8 Å². The van der Waals surface area contributed by atoms with E-state index in [4.69, 9.17) is 0 Å². The third-order valence-electron chi connectivity index (χ3n) is 4.69. The molecule has 0 atom stereocenters. The number of benzene rings is 2. The molecule has 0 saturated carbocycles. The number of fused-ring (bicyclic) bond motifs is 1. The van der Waals surface area contributed by atoms with Gasteiger partial charge in [0, 0.05) is 28.9 Å². The van der Waals surface area contributed by atoms with Crippen LogP contribution in [0.4, 0.5) is 22.9 Å². The zero-order valence-electron chi connectivity index (χ0n) is 17.7. The van der Waals surface area contributed by atoms with E-state index in [9.17, 15) is 14.9 Å². The van der Waals surface area contributed by atoms with Crippen LogP contribution in [-0.2, 0) is 4.79 Å². The maximum Gasteiger partial charge on any atom is 0.270 e. The number of anilines is 3. The van der Waals surface area contributed by atoms with Gasteiger partial charge in [-0.2, -0.15) is 0 Å². The van der Waals surface area contributed by atoms with Crippen molar-refractivity contribution in [2.75, 3.05) is 30.3 Å². The van der Waals surface area contributed by atoms with Gasteiger partial charge in [-0.1, -0.05) is 19.9 Å². The number of nitro groups is 1. The number of rotatable bonds is 10. The van der Waals surface area contributed by atoms with Crippen LogP contribution < -0.4 is 10.6 Å². The minimum absolute atomic E-state index is 0.0323. The lowest BCUT2D eigenvalue weighted by molar-refractivity contribution is -0.384. The Labute approximate surface area is 180 Å². The Bertz CT molecular complexity index is 1070. The topological polar surface area (TPSA) is 113 Å². The standard InChI is InChI=1S/C22H26N6O3/c1-3-10-27(11-4-2)14-21(29)25-16-6-5-7-17(12-16)26-22-19-13-18(28(30)31)8-9-20(19)23-15-24-22/h5-9,12-13,15H,3-4,10-11,14H2,1-2H3,(H,25,29)(H,23,24,26). The summed E-state index contributed by atoms with van der Waals surface area (Å²) in [6, 6.07) is 11.7. The van der Waals surface area contributed by atoms with E-state index in [1.165, 1.54) is 18.5 Å². The lowest BCUT2D eigenvalue weighted by Gasteiger charge is -2.20. The van der Waals surface area contributed by atoms with Crippen molar-refractivity contribution >= 4 is 39.7 Å². The number of aromatic nitrogens is 2. The highest BCUT2D eigenvalue weighted by molar-refractivity contribution is 5.94. The van der Waals surface area contributed by atoms with Gasteiger partial charge in [-0.15, -0.1) is 0 Å². The van der Waals surface area contributed by atoms with Gasteiger partial charge in [0.05, 0.1) is 17.0 Å². The van der Waals surface area contributed by atoms with Crippen LogP contribution in [-0.4, -0.2) is 45.3 Å². The molecule has 0 aliphatic rings. The summed E-state index contributed by atoms with van der Waals surface area (Å²) >= 11 is 0. The second-order valence-corrected chi connectivity index (χ2v) is 7.21. The van der Waals surface area contributed by atoms with Crippen LogP contribution >= 0.6 is 0 Å². The number of non-ortho nitro benzene ring substituents is 1. The Hall–Kier alpha value is -3.59. The van der Waals surface area contributed by atoms with Crippen LogP contribution in [0.3, 0.4) is 0 Å². The van der Waals surface area contributed by atoms with Gasteiger partial charge in [-0.3, -0.25) is 19.8 Å². The first-order valence-corrected chi connectivity index (χ1v) is 10.3. The molecule has 1 heterocycles. The van der Waals surface area contributed by atoms with Crippen LogP contribution in [0.2, 0.25) is 0 Å². The van der Waals surface area contributed by atoms with Crippen LogP contribution in [0.5, 0.6) is 0 Å². The summed E-state index contributed by atoms with van der Waals surface area (Å²) in [5.74, 6) is 0.386. The first-order valence-electron chi connectivity index (χ1n) is 10.3. The van der Waals surface area contributed by atoms with Gasteiger partial charge in [0.1, 0.15) is 12.1 Å². The molecule has 9 heteroatoms. The van der Waals surface area contributed by atoms with Gasteiger partial charge in [-0.05, 0) is 50.2 Å². The molecule has 2 aromatic carbocycles. The maximum absolute atomic E-state index is 12.5. The first-order chi connectivity index (χ1) is 15.0. The molecule has 0 spiro atoms. The molecule has 3 rings (SSSR count). The average molecular weight is 422 g/mol. The summed E-state index contributed by atoms with van der Waals surface area (Å²) in [7, 11) is 0. The van der Waals surface area contributed by atoms with Crippen molar-refractivity contribution in [2.24, 2.45) is 0 Å². The summed E-state index contributed by atoms with van der Waals surface area (Å²) in [5, 5.41) is 17.8. The third kappa shape index (κ3) is 5.95. The number of carbonyl (C=O) groups is 1. The molecule has 31 heavy (non-hydrogen) atoms. The Morgan fingerprint density at radius 1 is 1.06 bits per heavy atom. The molecule has 0 saturated heterocycles. The van der Waals surface area contributed by atoms with Crippen LogP contribution in [0, 0.1) is 10.1 Å². The molecule has 2 N–H and O–H groups in total. The number of nitrogens with zero attached hydrogens (tertiary/aromatic N) is 4. The SMILES string of the molecule is CCCN(CCC)CC(=O)Nc1cccc(Nc2ncnc3ccc([N+](=O)[O-])cc23)c1. The quantitative estimate of drug-likeness (QED) is 0.369. The smallest absolute Gasteiger partial charge is 0.270 e. The molecule has 3 aromatic rings. The molecular weight excluding hydrogens is 396 g/mol. The Morgan fingerprint density at radius 3 is 2.52 bits per heavy atom. The highest BCUT2D eigenvalue weighted by atomic mass is 16.6. The summed E-state index contributed by atoms with van der Waals surface area (Å²) in [6.07, 6.45) is 3.40. The predicted octanol–water partition coefficient (Wildman–Crippen LogP) is 4.34. The van der Waals surface area contributed by atoms with Crippen LogP contribution in [0.1, 0.15) is 26.7 Å². The van der Waals surface area contributed by atoms with Crippen molar-refractivity contribution in [2.45, 2.75) is 26.7 Å². The zero-order chi connectivity index (χ0) is 22.2. The molecule has 0 fully saturated rings. The number of carbonyl (C=O) groups excluding carboxylic acids is 1. The number of nitrogens with one attached hydrogen (secondary N) is 2. The number of hydrogen-bond donors (Lipinski definition) is 2. The fraction of sp³-hybridized carbons (Fsp3) is 0.318. The Morgan fingerprint density at radius 2 is 1.81 bits per heavy atom.